The molecule has 5 aromatic rings. The van der Waals surface area contributed by atoms with Crippen molar-refractivity contribution in [2.75, 3.05) is 12.4 Å². The number of anilines is 1. The second-order valence-electron chi connectivity index (χ2n) is 8.69. The van der Waals surface area contributed by atoms with E-state index in [0.29, 0.717) is 27.8 Å². The average Bonchev–Trinajstić information content (AvgIpc) is 2.97. The molecule has 0 unspecified atom stereocenters. The molecule has 0 fully saturated rings. The molecule has 4 aromatic carbocycles. The number of amidine groups is 1. The maximum absolute atomic E-state index is 6.61. The van der Waals surface area contributed by atoms with Gasteiger partial charge < -0.3 is 15.8 Å². The topological polar surface area (TPSA) is 72.5 Å². The molecule has 6 heteroatoms. The van der Waals surface area contributed by atoms with E-state index in [1.807, 2.05) is 78.9 Å². The molecule has 0 spiro atoms. The predicted octanol–water partition coefficient (Wildman–Crippen LogP) is 7.18. The zero-order valence-electron chi connectivity index (χ0n) is 20.9. The normalized spacial score (nSPS) is 11.7. The Labute approximate surface area is 227 Å². The van der Waals surface area contributed by atoms with Crippen molar-refractivity contribution < 1.29 is 4.74 Å². The monoisotopic (exact) mass is 518 g/mol. The molecular weight excluding hydrogens is 492 g/mol. The molecule has 5 rings (SSSR count). The first kappa shape index (κ1) is 25.1. The highest BCUT2D eigenvalue weighted by Gasteiger charge is 2.37. The largest absolute Gasteiger partial charge is 0.494 e. The third-order valence-electron chi connectivity index (χ3n) is 6.42. The van der Waals surface area contributed by atoms with E-state index in [1.54, 1.807) is 19.4 Å². The lowest BCUT2D eigenvalue weighted by molar-refractivity contribution is 0.416. The van der Waals surface area contributed by atoms with Crippen molar-refractivity contribution >= 4 is 28.8 Å². The van der Waals surface area contributed by atoms with Crippen molar-refractivity contribution in [3.63, 3.8) is 0 Å². The number of rotatable bonds is 8. The van der Waals surface area contributed by atoms with Gasteiger partial charge in [0.1, 0.15) is 28.0 Å². The number of ether oxygens (including phenoxy) is 1. The Balaban J connectivity index is 1.73. The Morgan fingerprint density at radius 2 is 1.29 bits per heavy atom. The minimum absolute atomic E-state index is 0.282. The van der Waals surface area contributed by atoms with Gasteiger partial charge in [-0.15, -0.1) is 0 Å². The number of methoxy groups -OCH3 is 1. The number of aromatic nitrogens is 1. The van der Waals surface area contributed by atoms with E-state index in [1.165, 1.54) is 0 Å². The second kappa shape index (κ2) is 11.2. The predicted molar refractivity (Wildman–Crippen MR) is 155 cm³/mol. The van der Waals surface area contributed by atoms with Crippen molar-refractivity contribution in [2.24, 2.45) is 10.7 Å². The molecule has 0 atom stereocenters. The summed E-state index contributed by atoms with van der Waals surface area (Å²) in [5.41, 5.74) is 10.9. The molecule has 38 heavy (non-hydrogen) atoms. The SMILES string of the molecule is COc1ccccc1N=C(N)c1cnc(Cl)cc1NC(c1ccccc1)(c1ccccc1)c1ccccc1. The standard InChI is InChI=1S/C32H27ClN4O/c1-38-29-20-12-11-19-27(29)36-31(34)26-22-35-30(33)21-28(26)37-32(23-13-5-2-6-14-23,24-15-7-3-8-16-24)25-17-9-4-10-18-25/h2-22H,1H3,(H2,34,36)(H,35,37). The molecule has 0 amide bonds. The van der Waals surface area contributed by atoms with Gasteiger partial charge in [0.2, 0.25) is 0 Å². The molecule has 0 radical (unpaired) electrons. The Bertz CT molecular complexity index is 1440. The van der Waals surface area contributed by atoms with Crippen LogP contribution in [-0.4, -0.2) is 17.9 Å². The molecule has 0 bridgehead atoms. The highest BCUT2D eigenvalue weighted by molar-refractivity contribution is 6.29. The summed E-state index contributed by atoms with van der Waals surface area (Å²) in [4.78, 5) is 9.01. The number of hydrogen-bond donors (Lipinski definition) is 2. The third-order valence-corrected chi connectivity index (χ3v) is 6.62. The number of benzene rings is 4. The number of para-hydroxylation sites is 2. The third kappa shape index (κ3) is 4.97. The van der Waals surface area contributed by atoms with Crippen LogP contribution in [0.4, 0.5) is 11.4 Å². The second-order valence-corrected chi connectivity index (χ2v) is 9.08. The first-order valence-electron chi connectivity index (χ1n) is 12.2. The van der Waals surface area contributed by atoms with Crippen LogP contribution >= 0.6 is 11.6 Å². The molecule has 1 heterocycles. The Morgan fingerprint density at radius 3 is 1.82 bits per heavy atom. The van der Waals surface area contributed by atoms with E-state index in [0.717, 1.165) is 16.7 Å². The summed E-state index contributed by atoms with van der Waals surface area (Å²) >= 11 is 6.44. The Kier molecular flexibility index (Phi) is 7.38. The zero-order chi connectivity index (χ0) is 26.4. The van der Waals surface area contributed by atoms with Gasteiger partial charge in [-0.05, 0) is 34.9 Å². The van der Waals surface area contributed by atoms with Crippen LogP contribution in [0.15, 0.2) is 133 Å². The minimum Gasteiger partial charge on any atom is -0.494 e. The van der Waals surface area contributed by atoms with Gasteiger partial charge >= 0.3 is 0 Å². The van der Waals surface area contributed by atoms with Crippen LogP contribution in [0.1, 0.15) is 22.3 Å². The van der Waals surface area contributed by atoms with E-state index < -0.39 is 5.54 Å². The molecule has 188 valence electrons. The molecule has 1 aromatic heterocycles. The van der Waals surface area contributed by atoms with Gasteiger partial charge in [-0.25, -0.2) is 9.98 Å². The number of nitrogens with two attached hydrogens (primary N) is 1. The lowest BCUT2D eigenvalue weighted by Crippen LogP contribution is -2.39. The molecule has 5 nitrogen and oxygen atoms in total. The Morgan fingerprint density at radius 1 is 0.789 bits per heavy atom. The van der Waals surface area contributed by atoms with E-state index in [-0.39, 0.29) is 5.84 Å². The Hall–Kier alpha value is -4.61. The van der Waals surface area contributed by atoms with Crippen LogP contribution in [0.3, 0.4) is 0 Å². The summed E-state index contributed by atoms with van der Waals surface area (Å²) in [5.74, 6) is 0.906. The van der Waals surface area contributed by atoms with E-state index >= 15 is 0 Å². The van der Waals surface area contributed by atoms with Crippen molar-refractivity contribution in [2.45, 2.75) is 5.54 Å². The van der Waals surface area contributed by atoms with Gasteiger partial charge in [0, 0.05) is 6.20 Å². The zero-order valence-corrected chi connectivity index (χ0v) is 21.6. The van der Waals surface area contributed by atoms with E-state index in [9.17, 15) is 0 Å². The number of nitrogens with one attached hydrogen (secondary N) is 1. The number of aliphatic imine (C=N–C) groups is 1. The van der Waals surface area contributed by atoms with Crippen molar-refractivity contribution in [3.8, 4) is 5.75 Å². The van der Waals surface area contributed by atoms with Crippen LogP contribution in [0, 0.1) is 0 Å². The fourth-order valence-corrected chi connectivity index (χ4v) is 4.79. The summed E-state index contributed by atoms with van der Waals surface area (Å²) in [7, 11) is 1.61. The molecule has 3 N–H and O–H groups in total. The van der Waals surface area contributed by atoms with Crippen LogP contribution in [0.25, 0.3) is 0 Å². The summed E-state index contributed by atoms with van der Waals surface area (Å²) in [6.07, 6.45) is 1.64. The lowest BCUT2D eigenvalue weighted by Gasteiger charge is -2.38. The maximum atomic E-state index is 6.61. The van der Waals surface area contributed by atoms with E-state index in [4.69, 9.17) is 22.1 Å². The lowest BCUT2D eigenvalue weighted by atomic mass is 9.76. The van der Waals surface area contributed by atoms with Crippen LogP contribution in [0.5, 0.6) is 5.75 Å². The molecule has 0 saturated heterocycles. The fourth-order valence-electron chi connectivity index (χ4n) is 4.63. The quantitative estimate of drug-likeness (QED) is 0.0987. The number of pyridine rings is 1. The van der Waals surface area contributed by atoms with Gasteiger partial charge in [0.25, 0.3) is 0 Å². The molecule has 0 aliphatic carbocycles. The smallest absolute Gasteiger partial charge is 0.144 e. The van der Waals surface area contributed by atoms with Gasteiger partial charge in [0.15, 0.2) is 0 Å². The van der Waals surface area contributed by atoms with Crippen molar-refractivity contribution in [3.05, 3.63) is 155 Å². The highest BCUT2D eigenvalue weighted by atomic mass is 35.5. The highest BCUT2D eigenvalue weighted by Crippen LogP contribution is 2.41. The molecule has 0 aliphatic heterocycles. The van der Waals surface area contributed by atoms with Gasteiger partial charge in [-0.2, -0.15) is 0 Å². The fraction of sp³-hybridized carbons (Fsp3) is 0.0625. The summed E-state index contributed by atoms with van der Waals surface area (Å²) in [5, 5.41) is 4.17. The molecule has 0 saturated carbocycles. The van der Waals surface area contributed by atoms with Crippen molar-refractivity contribution in [1.29, 1.82) is 0 Å². The summed E-state index contributed by atoms with van der Waals surface area (Å²) < 4.78 is 5.47. The summed E-state index contributed by atoms with van der Waals surface area (Å²) in [6, 6.07) is 40.2. The summed E-state index contributed by atoms with van der Waals surface area (Å²) in [6.45, 7) is 0. The van der Waals surface area contributed by atoms with Gasteiger partial charge in [0.05, 0.1) is 18.4 Å². The first-order chi connectivity index (χ1) is 18.6. The van der Waals surface area contributed by atoms with Crippen LogP contribution < -0.4 is 15.8 Å². The average molecular weight is 519 g/mol. The van der Waals surface area contributed by atoms with E-state index in [2.05, 4.69) is 51.7 Å². The number of halogens is 1. The van der Waals surface area contributed by atoms with Crippen LogP contribution in [0.2, 0.25) is 5.15 Å². The van der Waals surface area contributed by atoms with Crippen LogP contribution in [-0.2, 0) is 5.54 Å². The minimum atomic E-state index is -0.770. The number of hydrogen-bond acceptors (Lipinski definition) is 4. The first-order valence-corrected chi connectivity index (χ1v) is 12.6. The van der Waals surface area contributed by atoms with Gasteiger partial charge in [-0.1, -0.05) is 115 Å². The maximum Gasteiger partial charge on any atom is 0.144 e. The number of nitrogens with zero attached hydrogens (tertiary/aromatic N) is 2. The molecule has 0 aliphatic rings. The molecular formula is C32H27ClN4O. The van der Waals surface area contributed by atoms with Gasteiger partial charge in [-0.3, -0.25) is 0 Å². The van der Waals surface area contributed by atoms with Crippen molar-refractivity contribution in [1.82, 2.24) is 4.98 Å².